The van der Waals surface area contributed by atoms with Crippen molar-refractivity contribution < 1.29 is 14.3 Å². The van der Waals surface area contributed by atoms with Gasteiger partial charge in [0, 0.05) is 32.2 Å². The van der Waals surface area contributed by atoms with Crippen molar-refractivity contribution >= 4 is 35.9 Å². The minimum Gasteiger partial charge on any atom is -0.490 e. The van der Waals surface area contributed by atoms with Crippen LogP contribution in [0.5, 0.6) is 5.75 Å². The fourth-order valence-corrected chi connectivity index (χ4v) is 3.56. The number of carbonyl (C=O) groups excluding carboxylic acids is 1. The Bertz CT molecular complexity index is 664. The molecule has 1 N–H and O–H groups in total. The van der Waals surface area contributed by atoms with Crippen molar-refractivity contribution in [2.45, 2.75) is 51.7 Å². The van der Waals surface area contributed by atoms with Gasteiger partial charge in [-0.15, -0.1) is 24.0 Å². The van der Waals surface area contributed by atoms with Crippen LogP contribution >= 0.6 is 24.0 Å². The van der Waals surface area contributed by atoms with Gasteiger partial charge in [-0.05, 0) is 45.1 Å². The number of aliphatic imine (C=N–C) groups is 1. The smallest absolute Gasteiger partial charge is 0.310 e. The number of halogens is 1. The number of piperidine rings is 1. The van der Waals surface area contributed by atoms with Crippen LogP contribution in [0.2, 0.25) is 0 Å². The number of nitrogens with zero attached hydrogens (tertiary/aromatic N) is 2. The average Bonchev–Trinajstić information content (AvgIpc) is 2.66. The molecule has 0 spiro atoms. The zero-order valence-corrected chi connectivity index (χ0v) is 19.2. The summed E-state index contributed by atoms with van der Waals surface area (Å²) in [6, 6.07) is 8.17. The molecule has 1 saturated heterocycles. The number of carbonyl (C=O) groups is 1. The molecule has 1 aliphatic carbocycles. The van der Waals surface area contributed by atoms with E-state index in [0.29, 0.717) is 25.8 Å². The predicted molar refractivity (Wildman–Crippen MR) is 121 cm³/mol. The Morgan fingerprint density at radius 3 is 2.71 bits per heavy atom. The molecule has 2 aliphatic rings. The number of guanidine groups is 1. The first kappa shape index (κ1) is 22.8. The summed E-state index contributed by atoms with van der Waals surface area (Å²) in [5, 5.41) is 3.44. The van der Waals surface area contributed by atoms with Gasteiger partial charge in [0.1, 0.15) is 5.75 Å². The second-order valence-corrected chi connectivity index (χ2v) is 7.22. The van der Waals surface area contributed by atoms with Crippen molar-refractivity contribution in [2.24, 2.45) is 10.9 Å². The molecule has 1 saturated carbocycles. The number of hydrogen-bond donors (Lipinski definition) is 1. The van der Waals surface area contributed by atoms with Gasteiger partial charge in [-0.1, -0.05) is 18.2 Å². The number of hydrogen-bond acceptors (Lipinski definition) is 4. The van der Waals surface area contributed by atoms with E-state index in [9.17, 15) is 4.79 Å². The Morgan fingerprint density at radius 1 is 1.25 bits per heavy atom. The molecule has 6 nitrogen and oxygen atoms in total. The lowest BCUT2D eigenvalue weighted by Crippen LogP contribution is -2.48. The highest BCUT2D eigenvalue weighted by Gasteiger charge is 2.28. The Labute approximate surface area is 185 Å². The van der Waals surface area contributed by atoms with E-state index in [-0.39, 0.29) is 35.9 Å². The van der Waals surface area contributed by atoms with Gasteiger partial charge in [-0.3, -0.25) is 9.79 Å². The van der Waals surface area contributed by atoms with Crippen LogP contribution in [0.25, 0.3) is 0 Å². The molecule has 1 unspecified atom stereocenters. The quantitative estimate of drug-likeness (QED) is 0.280. The minimum atomic E-state index is -0.100. The largest absolute Gasteiger partial charge is 0.490 e. The zero-order valence-electron chi connectivity index (χ0n) is 16.9. The number of benzene rings is 1. The molecule has 1 aromatic rings. The molecule has 1 aromatic carbocycles. The maximum absolute atomic E-state index is 12.1. The summed E-state index contributed by atoms with van der Waals surface area (Å²) in [6.45, 7) is 4.48. The third-order valence-electron chi connectivity index (χ3n) is 5.31. The molecule has 7 heteroatoms. The highest BCUT2D eigenvalue weighted by Crippen LogP contribution is 2.27. The lowest BCUT2D eigenvalue weighted by molar-refractivity contribution is -0.149. The van der Waals surface area contributed by atoms with Crippen molar-refractivity contribution in [3.8, 4) is 5.75 Å². The highest BCUT2D eigenvalue weighted by molar-refractivity contribution is 14.0. The molecule has 0 bridgehead atoms. The van der Waals surface area contributed by atoms with Crippen molar-refractivity contribution in [3.05, 3.63) is 29.8 Å². The monoisotopic (exact) mass is 501 g/mol. The number of rotatable bonds is 6. The van der Waals surface area contributed by atoms with E-state index in [1.807, 2.05) is 25.1 Å². The number of ether oxygens (including phenoxy) is 2. The van der Waals surface area contributed by atoms with Crippen molar-refractivity contribution in [2.75, 3.05) is 26.7 Å². The minimum absolute atomic E-state index is 0. The summed E-state index contributed by atoms with van der Waals surface area (Å²) >= 11 is 0. The third-order valence-corrected chi connectivity index (χ3v) is 5.31. The van der Waals surface area contributed by atoms with Gasteiger partial charge in [-0.2, -0.15) is 0 Å². The molecule has 0 aromatic heterocycles. The fraction of sp³-hybridized carbons (Fsp3) is 0.619. The lowest BCUT2D eigenvalue weighted by atomic mass is 9.96. The Morgan fingerprint density at radius 2 is 2.04 bits per heavy atom. The van der Waals surface area contributed by atoms with Crippen LogP contribution < -0.4 is 10.1 Å². The molecule has 3 rings (SSSR count). The van der Waals surface area contributed by atoms with E-state index in [1.54, 1.807) is 7.05 Å². The molecule has 1 atom stereocenters. The molecular formula is C21H32IN3O3. The van der Waals surface area contributed by atoms with Crippen LogP contribution in [0.4, 0.5) is 0 Å². The van der Waals surface area contributed by atoms with Gasteiger partial charge >= 0.3 is 5.97 Å². The molecule has 1 heterocycles. The molecule has 28 heavy (non-hydrogen) atoms. The molecule has 0 radical (unpaired) electrons. The van der Waals surface area contributed by atoms with E-state index in [2.05, 4.69) is 21.3 Å². The van der Waals surface area contributed by atoms with Crippen LogP contribution in [-0.4, -0.2) is 49.7 Å². The maximum Gasteiger partial charge on any atom is 0.310 e. The number of para-hydroxylation sites is 1. The van der Waals surface area contributed by atoms with Crippen molar-refractivity contribution in [3.63, 3.8) is 0 Å². The Hall–Kier alpha value is -1.51. The molecule has 0 amide bonds. The second-order valence-electron chi connectivity index (χ2n) is 7.22. The summed E-state index contributed by atoms with van der Waals surface area (Å²) in [5.74, 6) is 1.60. The predicted octanol–water partition coefficient (Wildman–Crippen LogP) is 3.59. The fourth-order valence-electron chi connectivity index (χ4n) is 3.56. The van der Waals surface area contributed by atoms with E-state index in [0.717, 1.165) is 49.5 Å². The lowest BCUT2D eigenvalue weighted by Gasteiger charge is -2.34. The molecule has 2 fully saturated rings. The standard InChI is InChI=1S/C21H31N3O3.HI/c1-3-26-20(25)17-9-7-13-24(15-17)21(22-2)23-14-16-8-4-5-12-19(16)27-18-10-6-11-18;/h4-5,8,12,17-18H,3,6-7,9-11,13-15H2,1-2H3,(H,22,23);1H. The summed E-state index contributed by atoms with van der Waals surface area (Å²) in [7, 11) is 1.78. The van der Waals surface area contributed by atoms with Gasteiger partial charge in [0.2, 0.25) is 0 Å². The summed E-state index contributed by atoms with van der Waals surface area (Å²) in [5.41, 5.74) is 1.13. The zero-order chi connectivity index (χ0) is 19.1. The molecule has 156 valence electrons. The van der Waals surface area contributed by atoms with Gasteiger partial charge in [0.05, 0.1) is 18.6 Å². The van der Waals surface area contributed by atoms with E-state index >= 15 is 0 Å². The third kappa shape index (κ3) is 5.99. The first-order chi connectivity index (χ1) is 13.2. The number of esters is 1. The average molecular weight is 501 g/mol. The highest BCUT2D eigenvalue weighted by atomic mass is 127. The number of nitrogens with one attached hydrogen (secondary N) is 1. The Balaban J connectivity index is 0.00000280. The van der Waals surface area contributed by atoms with Gasteiger partial charge in [0.15, 0.2) is 5.96 Å². The first-order valence-electron chi connectivity index (χ1n) is 10.1. The van der Waals surface area contributed by atoms with E-state index < -0.39 is 0 Å². The topological polar surface area (TPSA) is 63.2 Å². The van der Waals surface area contributed by atoms with Crippen LogP contribution in [0.3, 0.4) is 0 Å². The van der Waals surface area contributed by atoms with Crippen LogP contribution in [0.1, 0.15) is 44.6 Å². The second kappa shape index (κ2) is 11.5. The van der Waals surface area contributed by atoms with E-state index in [4.69, 9.17) is 9.47 Å². The summed E-state index contributed by atoms with van der Waals surface area (Å²) in [6.07, 6.45) is 5.75. The SMILES string of the molecule is CCOC(=O)C1CCCN(C(=NC)NCc2ccccc2OC2CCC2)C1.I. The van der Waals surface area contributed by atoms with Crippen LogP contribution in [0.15, 0.2) is 29.3 Å². The normalized spacial score (nSPS) is 20.0. The maximum atomic E-state index is 12.1. The van der Waals surface area contributed by atoms with Crippen molar-refractivity contribution in [1.29, 1.82) is 0 Å². The van der Waals surface area contributed by atoms with Gasteiger partial charge in [0.25, 0.3) is 0 Å². The molecule has 1 aliphatic heterocycles. The first-order valence-corrected chi connectivity index (χ1v) is 10.1. The van der Waals surface area contributed by atoms with Crippen LogP contribution in [-0.2, 0) is 16.1 Å². The van der Waals surface area contributed by atoms with E-state index in [1.165, 1.54) is 6.42 Å². The summed E-state index contributed by atoms with van der Waals surface area (Å²) < 4.78 is 11.3. The van der Waals surface area contributed by atoms with Crippen molar-refractivity contribution in [1.82, 2.24) is 10.2 Å². The van der Waals surface area contributed by atoms with Gasteiger partial charge < -0.3 is 19.7 Å². The molecular weight excluding hydrogens is 469 g/mol. The number of likely N-dealkylation sites (tertiary alicyclic amines) is 1. The van der Waals surface area contributed by atoms with Gasteiger partial charge in [-0.25, -0.2) is 0 Å². The van der Waals surface area contributed by atoms with Crippen LogP contribution in [0, 0.1) is 5.92 Å². The Kier molecular flexibility index (Phi) is 9.34. The summed E-state index contributed by atoms with van der Waals surface area (Å²) in [4.78, 5) is 18.7.